The van der Waals surface area contributed by atoms with Gasteiger partial charge in [-0.2, -0.15) is 0 Å². The van der Waals surface area contributed by atoms with Gasteiger partial charge in [-0.05, 0) is 69.0 Å². The van der Waals surface area contributed by atoms with E-state index < -0.39 is 0 Å². The molecular formula is C17H32N2O. The van der Waals surface area contributed by atoms with E-state index in [0.29, 0.717) is 5.41 Å². The Morgan fingerprint density at radius 2 is 1.50 bits per heavy atom. The van der Waals surface area contributed by atoms with Gasteiger partial charge in [0.15, 0.2) is 0 Å². The number of ether oxygens (including phenoxy) is 1. The molecule has 3 heteroatoms. The molecule has 0 atom stereocenters. The molecule has 1 aliphatic carbocycles. The third-order valence-electron chi connectivity index (χ3n) is 6.38. The van der Waals surface area contributed by atoms with Crippen LogP contribution in [0.2, 0.25) is 0 Å². The second-order valence-electron chi connectivity index (χ2n) is 7.65. The third-order valence-corrected chi connectivity index (χ3v) is 6.38. The van der Waals surface area contributed by atoms with Gasteiger partial charge in [-0.1, -0.05) is 19.3 Å². The van der Waals surface area contributed by atoms with E-state index in [-0.39, 0.29) is 0 Å². The molecule has 116 valence electrons. The predicted molar refractivity (Wildman–Crippen MR) is 82.7 cm³/mol. The average molecular weight is 280 g/mol. The van der Waals surface area contributed by atoms with E-state index in [1.807, 2.05) is 0 Å². The summed E-state index contributed by atoms with van der Waals surface area (Å²) in [5.74, 6) is 0. The third kappa shape index (κ3) is 3.20. The van der Waals surface area contributed by atoms with E-state index in [1.54, 1.807) is 0 Å². The molecule has 0 unspecified atom stereocenters. The van der Waals surface area contributed by atoms with Crippen LogP contribution in [0.3, 0.4) is 0 Å². The van der Waals surface area contributed by atoms with Crippen molar-refractivity contribution >= 4 is 0 Å². The molecule has 20 heavy (non-hydrogen) atoms. The van der Waals surface area contributed by atoms with Crippen LogP contribution >= 0.6 is 0 Å². The number of nitrogens with zero attached hydrogens (tertiary/aromatic N) is 1. The molecular weight excluding hydrogens is 248 g/mol. The number of rotatable bonds is 3. The topological polar surface area (TPSA) is 38.5 Å². The van der Waals surface area contributed by atoms with Crippen molar-refractivity contribution in [2.24, 2.45) is 16.6 Å². The normalized spacial score (nSPS) is 30.4. The number of likely N-dealkylation sites (tertiary alicyclic amines) is 1. The first-order valence-corrected chi connectivity index (χ1v) is 8.76. The smallest absolute Gasteiger partial charge is 0.0472 e. The highest BCUT2D eigenvalue weighted by atomic mass is 16.5. The van der Waals surface area contributed by atoms with Crippen molar-refractivity contribution < 1.29 is 4.74 Å². The van der Waals surface area contributed by atoms with Crippen LogP contribution in [0.1, 0.15) is 57.8 Å². The summed E-state index contributed by atoms with van der Waals surface area (Å²) in [6.07, 6.45) is 12.6. The summed E-state index contributed by atoms with van der Waals surface area (Å²) in [7, 11) is 0. The van der Waals surface area contributed by atoms with Crippen LogP contribution in [-0.4, -0.2) is 44.3 Å². The molecule has 0 amide bonds. The zero-order valence-corrected chi connectivity index (χ0v) is 13.0. The first kappa shape index (κ1) is 14.8. The Kier molecular flexibility index (Phi) is 4.68. The molecule has 3 fully saturated rings. The lowest BCUT2D eigenvalue weighted by atomic mass is 9.68. The van der Waals surface area contributed by atoms with E-state index in [9.17, 15) is 0 Å². The lowest BCUT2D eigenvalue weighted by Crippen LogP contribution is -2.49. The van der Waals surface area contributed by atoms with E-state index in [4.69, 9.17) is 10.5 Å². The molecule has 2 aliphatic heterocycles. The van der Waals surface area contributed by atoms with Crippen LogP contribution in [0, 0.1) is 10.8 Å². The summed E-state index contributed by atoms with van der Waals surface area (Å²) in [6.45, 7) is 6.48. The Labute approximate surface area is 124 Å². The fraction of sp³-hybridized carbons (Fsp3) is 1.00. The summed E-state index contributed by atoms with van der Waals surface area (Å²) in [4.78, 5) is 2.71. The summed E-state index contributed by atoms with van der Waals surface area (Å²) in [5, 5.41) is 0. The number of piperidine rings is 1. The van der Waals surface area contributed by atoms with Crippen LogP contribution < -0.4 is 5.73 Å². The molecule has 0 bridgehead atoms. The van der Waals surface area contributed by atoms with E-state index in [0.717, 1.165) is 38.0 Å². The average Bonchev–Trinajstić information content (AvgIpc) is 2.52. The highest BCUT2D eigenvalue weighted by Gasteiger charge is 2.38. The van der Waals surface area contributed by atoms with Crippen molar-refractivity contribution in [3.8, 4) is 0 Å². The van der Waals surface area contributed by atoms with Crippen molar-refractivity contribution in [1.29, 1.82) is 0 Å². The van der Waals surface area contributed by atoms with Crippen LogP contribution in [0.15, 0.2) is 0 Å². The zero-order chi connectivity index (χ0) is 13.9. The molecule has 2 N–H and O–H groups in total. The maximum absolute atomic E-state index is 6.11. The van der Waals surface area contributed by atoms with Gasteiger partial charge in [0, 0.05) is 19.8 Å². The van der Waals surface area contributed by atoms with Crippen LogP contribution in [0.25, 0.3) is 0 Å². The molecule has 0 aromatic rings. The SMILES string of the molecule is NCC1(CN2CCC3(CCCCC3)CC2)CCOCC1. The van der Waals surface area contributed by atoms with E-state index in [1.165, 1.54) is 64.6 Å². The largest absolute Gasteiger partial charge is 0.381 e. The van der Waals surface area contributed by atoms with Crippen molar-refractivity contribution in [3.63, 3.8) is 0 Å². The van der Waals surface area contributed by atoms with Crippen molar-refractivity contribution in [1.82, 2.24) is 4.90 Å². The van der Waals surface area contributed by atoms with Gasteiger partial charge in [0.1, 0.15) is 0 Å². The van der Waals surface area contributed by atoms with Crippen LogP contribution in [0.5, 0.6) is 0 Å². The summed E-state index contributed by atoms with van der Waals surface area (Å²) in [5.41, 5.74) is 7.17. The van der Waals surface area contributed by atoms with E-state index >= 15 is 0 Å². The quantitative estimate of drug-likeness (QED) is 0.864. The van der Waals surface area contributed by atoms with Gasteiger partial charge in [-0.25, -0.2) is 0 Å². The standard InChI is InChI=1S/C17H32N2O/c18-14-17(8-12-20-13-9-17)15-19-10-6-16(7-11-19)4-2-1-3-5-16/h1-15,18H2. The van der Waals surface area contributed by atoms with Gasteiger partial charge in [0.25, 0.3) is 0 Å². The Balaban J connectivity index is 1.52. The summed E-state index contributed by atoms with van der Waals surface area (Å²) in [6, 6.07) is 0. The minimum atomic E-state index is 0.343. The maximum Gasteiger partial charge on any atom is 0.0472 e. The maximum atomic E-state index is 6.11. The number of nitrogens with two attached hydrogens (primary N) is 1. The predicted octanol–water partition coefficient (Wildman–Crippen LogP) is 2.79. The van der Waals surface area contributed by atoms with E-state index in [2.05, 4.69) is 4.90 Å². The van der Waals surface area contributed by atoms with Gasteiger partial charge in [-0.15, -0.1) is 0 Å². The molecule has 2 saturated heterocycles. The lowest BCUT2D eigenvalue weighted by Gasteiger charge is -2.47. The summed E-state index contributed by atoms with van der Waals surface area (Å²) >= 11 is 0. The van der Waals surface area contributed by atoms with Crippen LogP contribution in [0.4, 0.5) is 0 Å². The van der Waals surface area contributed by atoms with Gasteiger partial charge in [0.2, 0.25) is 0 Å². The fourth-order valence-corrected chi connectivity index (χ4v) is 4.69. The Hall–Kier alpha value is -0.120. The molecule has 0 radical (unpaired) electrons. The van der Waals surface area contributed by atoms with Gasteiger partial charge >= 0.3 is 0 Å². The summed E-state index contributed by atoms with van der Waals surface area (Å²) < 4.78 is 5.53. The highest BCUT2D eigenvalue weighted by Crippen LogP contribution is 2.45. The minimum Gasteiger partial charge on any atom is -0.381 e. The lowest BCUT2D eigenvalue weighted by molar-refractivity contribution is -0.0163. The van der Waals surface area contributed by atoms with Gasteiger partial charge < -0.3 is 15.4 Å². The molecule has 1 spiro atoms. The zero-order valence-electron chi connectivity index (χ0n) is 13.0. The minimum absolute atomic E-state index is 0.343. The molecule has 1 saturated carbocycles. The fourth-order valence-electron chi connectivity index (χ4n) is 4.69. The van der Waals surface area contributed by atoms with Crippen molar-refractivity contribution in [2.75, 3.05) is 39.4 Å². The number of hydrogen-bond donors (Lipinski definition) is 1. The molecule has 3 rings (SSSR count). The Morgan fingerprint density at radius 3 is 2.10 bits per heavy atom. The highest BCUT2D eigenvalue weighted by molar-refractivity contribution is 4.92. The van der Waals surface area contributed by atoms with Crippen molar-refractivity contribution in [2.45, 2.75) is 57.8 Å². The Morgan fingerprint density at radius 1 is 0.850 bits per heavy atom. The van der Waals surface area contributed by atoms with Gasteiger partial charge in [-0.3, -0.25) is 0 Å². The molecule has 3 nitrogen and oxygen atoms in total. The molecule has 0 aromatic heterocycles. The van der Waals surface area contributed by atoms with Crippen LogP contribution in [-0.2, 0) is 4.74 Å². The first-order valence-electron chi connectivity index (χ1n) is 8.76. The first-order chi connectivity index (χ1) is 9.76. The Bertz CT molecular complexity index is 296. The molecule has 3 aliphatic rings. The monoisotopic (exact) mass is 280 g/mol. The van der Waals surface area contributed by atoms with Gasteiger partial charge in [0.05, 0.1) is 0 Å². The number of hydrogen-bond acceptors (Lipinski definition) is 3. The molecule has 0 aromatic carbocycles. The second-order valence-corrected chi connectivity index (χ2v) is 7.65. The van der Waals surface area contributed by atoms with Crippen molar-refractivity contribution in [3.05, 3.63) is 0 Å². The second kappa shape index (κ2) is 6.33. The molecule has 2 heterocycles.